The summed E-state index contributed by atoms with van der Waals surface area (Å²) in [5.74, 6) is 0.675. The van der Waals surface area contributed by atoms with Crippen molar-refractivity contribution in [3.05, 3.63) is 6.33 Å². The number of aliphatic hydroxyl groups excluding tert-OH is 1. The number of imidazole rings is 1. The molecule has 0 aromatic carbocycles. The van der Waals surface area contributed by atoms with Crippen molar-refractivity contribution < 1.29 is 16.0 Å². The van der Waals surface area contributed by atoms with Gasteiger partial charge < -0.3 is 31.4 Å². The van der Waals surface area contributed by atoms with Gasteiger partial charge in [-0.15, -0.1) is 0 Å². The van der Waals surface area contributed by atoms with Crippen LogP contribution in [0.25, 0.3) is 11.2 Å². The number of fused-ring (bicyclic) bond motifs is 3. The molecular formula is C17H27N7O3. The fourth-order valence-corrected chi connectivity index (χ4v) is 3.69. The van der Waals surface area contributed by atoms with Gasteiger partial charge in [-0.1, -0.05) is 6.42 Å². The number of hydrogen-bond donors (Lipinski definition) is 4. The smallest absolute Gasteiger partial charge is 0.226 e. The van der Waals surface area contributed by atoms with E-state index in [1.54, 1.807) is 10.9 Å². The van der Waals surface area contributed by atoms with E-state index in [-0.39, 0.29) is 18.8 Å². The molecule has 2 fully saturated rings. The first-order valence-electron chi connectivity index (χ1n) is 9.97. The van der Waals surface area contributed by atoms with Gasteiger partial charge in [-0.05, 0) is 33.2 Å². The first kappa shape index (κ1) is 17.1. The molecule has 5 atom stereocenters. The summed E-state index contributed by atoms with van der Waals surface area (Å²) in [6.45, 7) is 3.11. The van der Waals surface area contributed by atoms with E-state index >= 15 is 0 Å². The largest absolute Gasteiger partial charge is 0.387 e. The zero-order valence-corrected chi connectivity index (χ0v) is 15.3. The monoisotopic (exact) mass is 378 g/mol. The Morgan fingerprint density at radius 3 is 3.00 bits per heavy atom. The van der Waals surface area contributed by atoms with Crippen molar-refractivity contribution in [1.82, 2.24) is 19.5 Å². The molecule has 2 aromatic rings. The number of nitrogen functional groups attached to an aromatic ring is 1. The van der Waals surface area contributed by atoms with Crippen molar-refractivity contribution in [2.45, 2.75) is 63.2 Å². The van der Waals surface area contributed by atoms with Crippen molar-refractivity contribution >= 4 is 22.9 Å². The van der Waals surface area contributed by atoms with Crippen molar-refractivity contribution in [3.63, 3.8) is 0 Å². The molecule has 2 bridgehead atoms. The number of aromatic nitrogens is 4. The predicted octanol–water partition coefficient (Wildman–Crippen LogP) is 0.385. The lowest BCUT2D eigenvalue weighted by Gasteiger charge is -2.33. The van der Waals surface area contributed by atoms with Gasteiger partial charge in [0, 0.05) is 7.92 Å². The van der Waals surface area contributed by atoms with Crippen LogP contribution in [0.15, 0.2) is 6.33 Å². The average molecular weight is 378 g/mol. The molecule has 0 spiro atoms. The normalized spacial score (nSPS) is 32.9. The molecule has 2 saturated heterocycles. The van der Waals surface area contributed by atoms with Crippen LogP contribution in [0.4, 0.5) is 11.8 Å². The summed E-state index contributed by atoms with van der Waals surface area (Å²) in [6.07, 6.45) is 2.05. The lowest BCUT2D eigenvalue weighted by Crippen LogP contribution is -2.42. The second-order valence-electron chi connectivity index (χ2n) is 7.18. The minimum Gasteiger partial charge on any atom is -0.387 e. The Kier molecular flexibility index (Phi) is 4.35. The zero-order valence-electron chi connectivity index (χ0n) is 16.3. The summed E-state index contributed by atoms with van der Waals surface area (Å²) in [4.78, 5) is 13.1. The van der Waals surface area contributed by atoms with Crippen LogP contribution in [0.3, 0.4) is 0 Å². The van der Waals surface area contributed by atoms with E-state index in [2.05, 4.69) is 20.3 Å². The molecule has 4 rings (SSSR count). The molecule has 27 heavy (non-hydrogen) atoms. The Labute approximate surface area is 158 Å². The molecule has 6 N–H and O–H groups in total. The summed E-state index contributed by atoms with van der Waals surface area (Å²) in [5.41, 5.74) is 11.5. The third-order valence-corrected chi connectivity index (χ3v) is 5.37. The molecule has 2 aliphatic heterocycles. The summed E-state index contributed by atoms with van der Waals surface area (Å²) in [7, 11) is 0. The van der Waals surface area contributed by atoms with Gasteiger partial charge in [-0.2, -0.15) is 9.97 Å². The van der Waals surface area contributed by atoms with Crippen LogP contribution in [0, 0.1) is 0 Å². The van der Waals surface area contributed by atoms with Crippen molar-refractivity contribution in [1.29, 1.82) is 0 Å². The third-order valence-electron chi connectivity index (χ3n) is 5.37. The number of nitrogens with zero attached hydrogens (tertiary/aromatic N) is 4. The minimum atomic E-state index is -1.05. The molecular weight excluding hydrogens is 350 g/mol. The number of aliphatic hydroxyl groups is 1. The number of ether oxygens (including phenoxy) is 2. The first-order chi connectivity index (χ1) is 13.5. The predicted molar refractivity (Wildman–Crippen MR) is 100.0 cm³/mol. The Morgan fingerprint density at radius 2 is 2.26 bits per heavy atom. The molecule has 10 heteroatoms. The Bertz CT molecular complexity index is 850. The summed E-state index contributed by atoms with van der Waals surface area (Å²) in [6, 6.07) is 0. The molecule has 0 unspecified atom stereocenters. The third kappa shape index (κ3) is 2.92. The van der Waals surface area contributed by atoms with Crippen LogP contribution < -0.4 is 16.8 Å². The van der Waals surface area contributed by atoms with E-state index in [0.717, 1.165) is 19.3 Å². The zero-order chi connectivity index (χ0) is 19.9. The Morgan fingerprint density at radius 1 is 1.41 bits per heavy atom. The summed E-state index contributed by atoms with van der Waals surface area (Å²) < 4.78 is 21.5. The molecule has 0 aliphatic carbocycles. The highest BCUT2D eigenvalue weighted by Gasteiger charge is 2.63. The molecule has 0 amide bonds. The van der Waals surface area contributed by atoms with E-state index in [0.29, 0.717) is 30.2 Å². The SMILES string of the molecule is [2H]C[C@]12O[C@@H](n3cnc4c(N)nc(NCCCCCN)nc43)[C@H](O[C@H]1C)[C@@H]2O. The molecule has 4 heterocycles. The summed E-state index contributed by atoms with van der Waals surface area (Å²) in [5, 5.41) is 13.8. The maximum absolute atomic E-state index is 10.6. The molecule has 0 saturated carbocycles. The highest BCUT2D eigenvalue weighted by molar-refractivity contribution is 5.83. The van der Waals surface area contributed by atoms with E-state index in [9.17, 15) is 5.11 Å². The van der Waals surface area contributed by atoms with Crippen LogP contribution in [-0.2, 0) is 9.47 Å². The molecule has 2 aromatic heterocycles. The fraction of sp³-hybridized carbons (Fsp3) is 0.706. The van der Waals surface area contributed by atoms with Crippen LogP contribution in [0.5, 0.6) is 0 Å². The molecule has 2 aliphatic rings. The fourth-order valence-electron chi connectivity index (χ4n) is 3.69. The number of hydrogen-bond acceptors (Lipinski definition) is 9. The van der Waals surface area contributed by atoms with Gasteiger partial charge in [0.1, 0.15) is 23.3 Å². The van der Waals surface area contributed by atoms with E-state index in [1.807, 2.05) is 6.92 Å². The van der Waals surface area contributed by atoms with Crippen LogP contribution in [0.2, 0.25) is 0 Å². The second kappa shape index (κ2) is 6.86. The van der Waals surface area contributed by atoms with Crippen molar-refractivity contribution in [3.8, 4) is 0 Å². The van der Waals surface area contributed by atoms with Gasteiger partial charge in [-0.25, -0.2) is 4.98 Å². The van der Waals surface area contributed by atoms with Crippen molar-refractivity contribution in [2.24, 2.45) is 5.73 Å². The van der Waals surface area contributed by atoms with Crippen LogP contribution in [0.1, 0.15) is 40.7 Å². The van der Waals surface area contributed by atoms with Gasteiger partial charge in [0.15, 0.2) is 17.7 Å². The standard InChI is InChI=1S/C17H27N7O3/c1-9-17(2)12(25)11(26-9)15(27-17)24-8-21-10-13(19)22-16(23-14(10)24)20-7-5-3-4-6-18/h8-9,11-12,15,25H,3-7,18H2,1-2H3,(H3,19,20,22,23)/t9-,11+,12-,15+,17-/m0/s1/i2D. The van der Waals surface area contributed by atoms with Crippen molar-refractivity contribution in [2.75, 3.05) is 24.1 Å². The second-order valence-corrected chi connectivity index (χ2v) is 7.18. The Balaban J connectivity index is 1.59. The molecule has 148 valence electrons. The van der Waals surface area contributed by atoms with Gasteiger partial charge in [0.05, 0.1) is 12.4 Å². The maximum atomic E-state index is 10.6. The van der Waals surface area contributed by atoms with Gasteiger partial charge in [0.25, 0.3) is 0 Å². The quantitative estimate of drug-likeness (QED) is 0.502. The highest BCUT2D eigenvalue weighted by atomic mass is 16.7. The van der Waals surface area contributed by atoms with E-state index in [1.165, 1.54) is 0 Å². The highest BCUT2D eigenvalue weighted by Crippen LogP contribution is 2.48. The molecule has 10 nitrogen and oxygen atoms in total. The first-order valence-corrected chi connectivity index (χ1v) is 9.26. The van der Waals surface area contributed by atoms with Gasteiger partial charge in [0.2, 0.25) is 5.95 Å². The number of rotatable bonds is 7. The topological polar surface area (TPSA) is 146 Å². The number of nitrogens with one attached hydrogen (secondary N) is 1. The lowest BCUT2D eigenvalue weighted by molar-refractivity contribution is -0.198. The maximum Gasteiger partial charge on any atom is 0.226 e. The van der Waals surface area contributed by atoms with Crippen LogP contribution in [-0.4, -0.2) is 61.6 Å². The number of unbranched alkanes of at least 4 members (excludes halogenated alkanes) is 2. The number of nitrogens with two attached hydrogens (primary N) is 2. The lowest BCUT2D eigenvalue weighted by atomic mass is 9.96. The van der Waals surface area contributed by atoms with Gasteiger partial charge in [-0.3, -0.25) is 4.57 Å². The average Bonchev–Trinajstić information content (AvgIpc) is 3.30. The Hall–Kier alpha value is -2.01. The summed E-state index contributed by atoms with van der Waals surface area (Å²) >= 11 is 0. The van der Waals surface area contributed by atoms with E-state index < -0.39 is 24.0 Å². The van der Waals surface area contributed by atoms with Gasteiger partial charge >= 0.3 is 0 Å². The van der Waals surface area contributed by atoms with E-state index in [4.69, 9.17) is 22.3 Å². The molecule has 0 radical (unpaired) electrons. The number of anilines is 2. The van der Waals surface area contributed by atoms with Crippen LogP contribution >= 0.6 is 0 Å². The minimum absolute atomic E-state index is 0.0955.